The Morgan fingerprint density at radius 2 is 1.80 bits per heavy atom. The molecule has 0 aliphatic carbocycles. The molecular weight excluding hydrogens is 144 g/mol. The molecule has 0 radical (unpaired) electrons. The lowest BCUT2D eigenvalue weighted by Crippen LogP contribution is -2.26. The molecule has 0 aromatic heterocycles. The Morgan fingerprint density at radius 1 is 1.30 bits per heavy atom. The van der Waals surface area contributed by atoms with E-state index in [9.17, 15) is 5.11 Å². The third-order valence-electron chi connectivity index (χ3n) is 2.12. The summed E-state index contributed by atoms with van der Waals surface area (Å²) in [5.41, 5.74) is -0.414. The van der Waals surface area contributed by atoms with Crippen LogP contribution in [0.25, 0.3) is 0 Å². The van der Waals surface area contributed by atoms with Crippen LogP contribution in [0, 0.1) is 0 Å². The molecule has 0 aromatic carbocycles. The SMILES string of the molecule is CCC(O)(CC)CCCS. The monoisotopic (exact) mass is 162 g/mol. The maximum Gasteiger partial charge on any atom is 0.0642 e. The number of hydrogen-bond acceptors (Lipinski definition) is 2. The van der Waals surface area contributed by atoms with Crippen LogP contribution >= 0.6 is 12.6 Å². The molecule has 10 heavy (non-hydrogen) atoms. The van der Waals surface area contributed by atoms with Gasteiger partial charge in [0.1, 0.15) is 0 Å². The Kier molecular flexibility index (Phi) is 5.18. The van der Waals surface area contributed by atoms with Crippen LogP contribution in [-0.2, 0) is 0 Å². The smallest absolute Gasteiger partial charge is 0.0642 e. The second-order valence-corrected chi connectivity index (χ2v) is 3.21. The average molecular weight is 162 g/mol. The van der Waals surface area contributed by atoms with E-state index in [0.29, 0.717) is 0 Å². The van der Waals surface area contributed by atoms with Crippen molar-refractivity contribution in [1.29, 1.82) is 0 Å². The van der Waals surface area contributed by atoms with E-state index < -0.39 is 5.60 Å². The van der Waals surface area contributed by atoms with Crippen molar-refractivity contribution in [2.75, 3.05) is 5.75 Å². The molecule has 1 nitrogen and oxygen atoms in total. The fourth-order valence-corrected chi connectivity index (χ4v) is 1.17. The van der Waals surface area contributed by atoms with Crippen molar-refractivity contribution in [3.63, 3.8) is 0 Å². The van der Waals surface area contributed by atoms with Crippen LogP contribution in [0.1, 0.15) is 39.5 Å². The first-order valence-corrected chi connectivity index (χ1v) is 4.65. The lowest BCUT2D eigenvalue weighted by Gasteiger charge is -2.24. The van der Waals surface area contributed by atoms with Gasteiger partial charge in [-0.1, -0.05) is 13.8 Å². The van der Waals surface area contributed by atoms with E-state index in [4.69, 9.17) is 0 Å². The van der Waals surface area contributed by atoms with Crippen molar-refractivity contribution >= 4 is 12.6 Å². The first-order valence-electron chi connectivity index (χ1n) is 4.01. The molecule has 0 heterocycles. The van der Waals surface area contributed by atoms with Crippen molar-refractivity contribution in [1.82, 2.24) is 0 Å². The van der Waals surface area contributed by atoms with Crippen LogP contribution in [0.2, 0.25) is 0 Å². The summed E-state index contributed by atoms with van der Waals surface area (Å²) in [4.78, 5) is 0. The molecule has 0 aromatic rings. The molecule has 0 atom stereocenters. The normalized spacial score (nSPS) is 12.0. The summed E-state index contributed by atoms with van der Waals surface area (Å²) < 4.78 is 0. The number of hydrogen-bond donors (Lipinski definition) is 2. The summed E-state index contributed by atoms with van der Waals surface area (Å²) >= 11 is 4.10. The van der Waals surface area contributed by atoms with Crippen molar-refractivity contribution in [3.8, 4) is 0 Å². The van der Waals surface area contributed by atoms with Gasteiger partial charge < -0.3 is 5.11 Å². The van der Waals surface area contributed by atoms with Crippen LogP contribution in [0.5, 0.6) is 0 Å². The highest BCUT2D eigenvalue weighted by Gasteiger charge is 2.20. The van der Waals surface area contributed by atoms with Crippen molar-refractivity contribution in [2.45, 2.75) is 45.1 Å². The minimum atomic E-state index is -0.414. The number of rotatable bonds is 5. The first kappa shape index (κ1) is 10.3. The summed E-state index contributed by atoms with van der Waals surface area (Å²) in [7, 11) is 0. The molecule has 0 spiro atoms. The molecule has 0 unspecified atom stereocenters. The molecular formula is C8H18OS. The molecule has 0 saturated heterocycles. The van der Waals surface area contributed by atoms with Gasteiger partial charge in [0.15, 0.2) is 0 Å². The zero-order chi connectivity index (χ0) is 8.04. The summed E-state index contributed by atoms with van der Waals surface area (Å²) in [6, 6.07) is 0. The topological polar surface area (TPSA) is 20.2 Å². The molecule has 0 fully saturated rings. The third-order valence-corrected chi connectivity index (χ3v) is 2.43. The van der Waals surface area contributed by atoms with Crippen LogP contribution < -0.4 is 0 Å². The van der Waals surface area contributed by atoms with Gasteiger partial charge in [-0.3, -0.25) is 0 Å². The molecule has 62 valence electrons. The summed E-state index contributed by atoms with van der Waals surface area (Å²) in [6.45, 7) is 4.06. The maximum absolute atomic E-state index is 9.73. The zero-order valence-electron chi connectivity index (χ0n) is 6.93. The van der Waals surface area contributed by atoms with E-state index in [1.807, 2.05) is 13.8 Å². The first-order chi connectivity index (χ1) is 4.68. The van der Waals surface area contributed by atoms with E-state index in [1.165, 1.54) is 0 Å². The Bertz CT molecular complexity index is 79.3. The van der Waals surface area contributed by atoms with E-state index in [0.717, 1.165) is 31.4 Å². The average Bonchev–Trinajstić information content (AvgIpc) is 2.00. The molecule has 0 aliphatic heterocycles. The third kappa shape index (κ3) is 3.47. The Labute approximate surface area is 69.2 Å². The zero-order valence-corrected chi connectivity index (χ0v) is 7.82. The largest absolute Gasteiger partial charge is 0.390 e. The van der Waals surface area contributed by atoms with Crippen LogP contribution in [0.3, 0.4) is 0 Å². The minimum absolute atomic E-state index is 0.414. The van der Waals surface area contributed by atoms with E-state index in [-0.39, 0.29) is 0 Å². The van der Waals surface area contributed by atoms with Gasteiger partial charge in [-0.2, -0.15) is 12.6 Å². The predicted molar refractivity (Wildman–Crippen MR) is 48.6 cm³/mol. The van der Waals surface area contributed by atoms with E-state index >= 15 is 0 Å². The molecule has 0 aliphatic rings. The van der Waals surface area contributed by atoms with Crippen molar-refractivity contribution in [2.24, 2.45) is 0 Å². The van der Waals surface area contributed by atoms with Crippen molar-refractivity contribution < 1.29 is 5.11 Å². The van der Waals surface area contributed by atoms with Gasteiger partial charge >= 0.3 is 0 Å². The predicted octanol–water partition coefficient (Wildman–Crippen LogP) is 2.25. The summed E-state index contributed by atoms with van der Waals surface area (Å²) in [6.07, 6.45) is 3.62. The number of thiol groups is 1. The lowest BCUT2D eigenvalue weighted by atomic mass is 9.92. The van der Waals surface area contributed by atoms with Gasteiger partial charge in [0.25, 0.3) is 0 Å². The van der Waals surface area contributed by atoms with E-state index in [1.54, 1.807) is 0 Å². The Balaban J connectivity index is 3.58. The molecule has 1 N–H and O–H groups in total. The fourth-order valence-electron chi connectivity index (χ4n) is 1.01. The van der Waals surface area contributed by atoms with E-state index in [2.05, 4.69) is 12.6 Å². The summed E-state index contributed by atoms with van der Waals surface area (Å²) in [5, 5.41) is 9.73. The highest BCUT2D eigenvalue weighted by atomic mass is 32.1. The molecule has 0 amide bonds. The van der Waals surface area contributed by atoms with Gasteiger partial charge in [-0.05, 0) is 31.4 Å². The lowest BCUT2D eigenvalue weighted by molar-refractivity contribution is 0.0233. The highest BCUT2D eigenvalue weighted by molar-refractivity contribution is 7.80. The standard InChI is InChI=1S/C8H18OS/c1-3-8(9,4-2)6-5-7-10/h9-10H,3-7H2,1-2H3. The Hall–Kier alpha value is 0.310. The highest BCUT2D eigenvalue weighted by Crippen LogP contribution is 2.20. The van der Waals surface area contributed by atoms with Crippen molar-refractivity contribution in [3.05, 3.63) is 0 Å². The molecule has 0 saturated carbocycles. The van der Waals surface area contributed by atoms with Crippen LogP contribution in [0.15, 0.2) is 0 Å². The van der Waals surface area contributed by atoms with Gasteiger partial charge in [-0.25, -0.2) is 0 Å². The fraction of sp³-hybridized carbons (Fsp3) is 1.00. The molecule has 0 rings (SSSR count). The summed E-state index contributed by atoms with van der Waals surface area (Å²) in [5.74, 6) is 0.877. The second kappa shape index (κ2) is 5.03. The van der Waals surface area contributed by atoms with Gasteiger partial charge in [0.05, 0.1) is 5.60 Å². The van der Waals surface area contributed by atoms with Crippen LogP contribution in [-0.4, -0.2) is 16.5 Å². The quantitative estimate of drug-likeness (QED) is 0.594. The van der Waals surface area contributed by atoms with Crippen LogP contribution in [0.4, 0.5) is 0 Å². The molecule has 2 heteroatoms. The maximum atomic E-state index is 9.73. The molecule has 0 bridgehead atoms. The van der Waals surface area contributed by atoms with Gasteiger partial charge in [-0.15, -0.1) is 0 Å². The van der Waals surface area contributed by atoms with Gasteiger partial charge in [0.2, 0.25) is 0 Å². The van der Waals surface area contributed by atoms with Gasteiger partial charge in [0, 0.05) is 0 Å². The minimum Gasteiger partial charge on any atom is -0.390 e. The number of aliphatic hydroxyl groups is 1. The second-order valence-electron chi connectivity index (χ2n) is 2.76. The Morgan fingerprint density at radius 3 is 2.10 bits per heavy atom.